The molecule has 0 aliphatic carbocycles. The second-order valence-electron chi connectivity index (χ2n) is 7.09. The number of nitrogens with zero attached hydrogens (tertiary/aromatic N) is 2. The van der Waals surface area contributed by atoms with Crippen LogP contribution in [0, 0.1) is 0 Å². The summed E-state index contributed by atoms with van der Waals surface area (Å²) in [4.78, 5) is 31.1. The molecular weight excluding hydrogens is 496 g/mol. The first kappa shape index (κ1) is 26.1. The third-order valence-electron chi connectivity index (χ3n) is 4.66. The molecule has 1 unspecified atom stereocenters. The number of pyridine rings is 3. The highest BCUT2D eigenvalue weighted by Crippen LogP contribution is 2.31. The Bertz CT molecular complexity index is 1340. The van der Waals surface area contributed by atoms with Gasteiger partial charge in [-0.2, -0.15) is 30.7 Å². The fourth-order valence-corrected chi connectivity index (χ4v) is 3.11. The number of halogens is 6. The lowest BCUT2D eigenvalue weighted by Crippen LogP contribution is -2.44. The highest BCUT2D eigenvalue weighted by Gasteiger charge is 2.46. The van der Waals surface area contributed by atoms with E-state index in [1.54, 1.807) is 55.0 Å². The van der Waals surface area contributed by atoms with Gasteiger partial charge >= 0.3 is 24.1 Å². The predicted octanol–water partition coefficient (Wildman–Crippen LogP) is 1.96. The number of rotatable bonds is 4. The maximum absolute atomic E-state index is 13.6. The highest BCUT2D eigenvalue weighted by molar-refractivity contribution is 5.91. The summed E-state index contributed by atoms with van der Waals surface area (Å²) in [6.45, 7) is 0. The molecule has 1 amide bonds. The lowest BCUT2D eigenvalue weighted by Gasteiger charge is -2.17. The number of amides is 1. The molecule has 8 nitrogen and oxygen atoms in total. The molecule has 1 atom stereocenters. The van der Waals surface area contributed by atoms with Gasteiger partial charge in [0.2, 0.25) is 11.7 Å². The van der Waals surface area contributed by atoms with E-state index in [0.29, 0.717) is 11.2 Å². The molecule has 0 fully saturated rings. The van der Waals surface area contributed by atoms with Crippen LogP contribution in [0.1, 0.15) is 22.4 Å². The molecule has 0 aliphatic heterocycles. The molecule has 4 aromatic heterocycles. The van der Waals surface area contributed by atoms with Crippen molar-refractivity contribution in [2.75, 3.05) is 0 Å². The summed E-state index contributed by atoms with van der Waals surface area (Å²) < 4.78 is 73.9. The molecule has 3 N–H and O–H groups in total. The van der Waals surface area contributed by atoms with Gasteiger partial charge in [0.1, 0.15) is 5.97 Å². The molecule has 4 aromatic rings. The quantitative estimate of drug-likeness (QED) is 0.321. The van der Waals surface area contributed by atoms with Crippen LogP contribution in [-0.4, -0.2) is 34.2 Å². The molecule has 36 heavy (non-hydrogen) atoms. The fraction of sp³-hybridized carbons (Fsp3) is 0.136. The zero-order valence-corrected chi connectivity index (χ0v) is 17.9. The normalized spacial score (nSPS) is 12.4. The average molecular weight is 512 g/mol. The van der Waals surface area contributed by atoms with Crippen molar-refractivity contribution in [3.8, 4) is 11.3 Å². The number of imidazole rings is 1. The number of aromatic nitrogens is 4. The molecule has 4 rings (SSSR count). The van der Waals surface area contributed by atoms with Crippen molar-refractivity contribution in [3.63, 3.8) is 0 Å². The molecule has 4 heterocycles. The molecule has 0 aliphatic rings. The first-order valence-corrected chi connectivity index (χ1v) is 9.94. The molecular formula is C22H16F6N5O3+. The number of H-pyrrole nitrogens is 2. The number of carbonyl (C=O) groups is 2. The minimum absolute atomic E-state index is 0.0161. The summed E-state index contributed by atoms with van der Waals surface area (Å²) in [7, 11) is 0. The summed E-state index contributed by atoms with van der Waals surface area (Å²) in [6, 6.07) is 10.9. The van der Waals surface area contributed by atoms with Crippen LogP contribution >= 0.6 is 0 Å². The molecule has 188 valence electrons. The summed E-state index contributed by atoms with van der Waals surface area (Å²) in [5, 5.41) is 10.9. The molecule has 0 bridgehead atoms. The Labute approximate surface area is 198 Å². The Balaban J connectivity index is 0.000000454. The Morgan fingerprint density at radius 3 is 2.19 bits per heavy atom. The third kappa shape index (κ3) is 6.14. The summed E-state index contributed by atoms with van der Waals surface area (Å²) in [5.41, 5.74) is 1.85. The van der Waals surface area contributed by atoms with Crippen LogP contribution in [0.4, 0.5) is 26.3 Å². The standard InChI is InChI=1S/C20H14F3N5O.C2HF3O2/c21-20(22,23)17(14-5-1-3-9-25-14)27-19(29)18-26-16(13-7-10-24-11-8-13)15-6-2-4-12-28(15)18;3-2(4,5)1(6)7/h1-12,17H,(H,27,29);(H,6,7)/p+1. The van der Waals surface area contributed by atoms with E-state index in [4.69, 9.17) is 9.90 Å². The smallest absolute Gasteiger partial charge is 0.430 e. The maximum atomic E-state index is 13.6. The van der Waals surface area contributed by atoms with Crippen LogP contribution in [0.25, 0.3) is 16.8 Å². The Morgan fingerprint density at radius 1 is 1.00 bits per heavy atom. The van der Waals surface area contributed by atoms with E-state index in [2.05, 4.69) is 20.3 Å². The average Bonchev–Trinajstić information content (AvgIpc) is 3.22. The lowest BCUT2D eigenvalue weighted by molar-refractivity contribution is -0.514. The number of hydrogen-bond acceptors (Lipinski definition) is 4. The molecule has 0 saturated heterocycles. The Hall–Kier alpha value is -4.49. The van der Waals surface area contributed by atoms with Gasteiger partial charge in [0.05, 0.1) is 6.20 Å². The molecule has 0 aromatic carbocycles. The second kappa shape index (κ2) is 10.4. The van der Waals surface area contributed by atoms with Gasteiger partial charge in [-0.05, 0) is 24.3 Å². The SMILES string of the molecule is O=C(NC(c1cccc[nH+]1)C(F)(F)F)c1[nH]c(-c2ccncc2)c2cccc[n+]12.O=C([O-])C(F)(F)F. The van der Waals surface area contributed by atoms with Crippen molar-refractivity contribution in [1.29, 1.82) is 0 Å². The number of aromatic amines is 2. The van der Waals surface area contributed by atoms with E-state index in [1.165, 1.54) is 22.7 Å². The Morgan fingerprint density at radius 2 is 1.64 bits per heavy atom. The van der Waals surface area contributed by atoms with Gasteiger partial charge in [-0.3, -0.25) is 9.78 Å². The van der Waals surface area contributed by atoms with Crippen LogP contribution in [-0.2, 0) is 4.79 Å². The lowest BCUT2D eigenvalue weighted by atomic mass is 10.1. The van der Waals surface area contributed by atoms with Crippen LogP contribution in [0.5, 0.6) is 0 Å². The highest BCUT2D eigenvalue weighted by atomic mass is 19.4. The van der Waals surface area contributed by atoms with Gasteiger partial charge in [-0.1, -0.05) is 12.1 Å². The zero-order chi connectivity index (χ0) is 26.5. The van der Waals surface area contributed by atoms with Crippen molar-refractivity contribution in [3.05, 3.63) is 84.8 Å². The van der Waals surface area contributed by atoms with Gasteiger partial charge in [0.25, 0.3) is 0 Å². The van der Waals surface area contributed by atoms with Gasteiger partial charge in [0, 0.05) is 30.1 Å². The molecule has 14 heteroatoms. The number of nitrogens with one attached hydrogen (secondary N) is 3. The van der Waals surface area contributed by atoms with Crippen molar-refractivity contribution in [1.82, 2.24) is 15.3 Å². The van der Waals surface area contributed by atoms with E-state index in [-0.39, 0.29) is 11.5 Å². The number of fused-ring (bicyclic) bond motifs is 1. The number of hydrogen-bond donors (Lipinski definition) is 2. The summed E-state index contributed by atoms with van der Waals surface area (Å²) in [5.74, 6) is -3.91. The summed E-state index contributed by atoms with van der Waals surface area (Å²) >= 11 is 0. The van der Waals surface area contributed by atoms with Gasteiger partial charge in [0.15, 0.2) is 17.4 Å². The first-order chi connectivity index (χ1) is 16.9. The summed E-state index contributed by atoms with van der Waals surface area (Å²) in [6.07, 6.45) is -3.68. The van der Waals surface area contributed by atoms with Crippen molar-refractivity contribution in [2.45, 2.75) is 18.4 Å². The number of aliphatic carboxylic acids is 1. The van der Waals surface area contributed by atoms with Crippen molar-refractivity contribution >= 4 is 17.4 Å². The van der Waals surface area contributed by atoms with E-state index >= 15 is 0 Å². The van der Waals surface area contributed by atoms with Crippen molar-refractivity contribution < 1.29 is 50.4 Å². The first-order valence-electron chi connectivity index (χ1n) is 9.94. The van der Waals surface area contributed by atoms with Crippen LogP contribution < -0.4 is 19.8 Å². The minimum Gasteiger partial charge on any atom is -0.542 e. The van der Waals surface area contributed by atoms with E-state index < -0.39 is 30.3 Å². The van der Waals surface area contributed by atoms with E-state index in [1.807, 2.05) is 0 Å². The van der Waals surface area contributed by atoms with Gasteiger partial charge in [-0.15, -0.1) is 0 Å². The molecule has 0 radical (unpaired) electrons. The number of alkyl halides is 6. The largest absolute Gasteiger partial charge is 0.542 e. The second-order valence-corrected chi connectivity index (χ2v) is 7.09. The van der Waals surface area contributed by atoms with E-state index in [0.717, 1.165) is 5.56 Å². The van der Waals surface area contributed by atoms with Crippen LogP contribution in [0.2, 0.25) is 0 Å². The number of carbonyl (C=O) groups excluding carboxylic acids is 2. The third-order valence-corrected chi connectivity index (χ3v) is 4.66. The van der Waals surface area contributed by atoms with Gasteiger partial charge in [-0.25, -0.2) is 9.97 Å². The zero-order valence-electron chi connectivity index (χ0n) is 17.9. The topological polar surface area (TPSA) is 116 Å². The van der Waals surface area contributed by atoms with Crippen LogP contribution in [0.15, 0.2) is 73.3 Å². The monoisotopic (exact) mass is 512 g/mol. The van der Waals surface area contributed by atoms with Crippen LogP contribution in [0.3, 0.4) is 0 Å². The maximum Gasteiger partial charge on any atom is 0.430 e. The molecule has 0 saturated carbocycles. The van der Waals surface area contributed by atoms with E-state index in [9.17, 15) is 31.1 Å². The number of carboxylic acids is 1. The molecule has 0 spiro atoms. The number of carboxylic acid groups (broad SMARTS) is 1. The van der Waals surface area contributed by atoms with Crippen molar-refractivity contribution in [2.24, 2.45) is 0 Å². The Kier molecular flexibility index (Phi) is 7.56. The fourth-order valence-electron chi connectivity index (χ4n) is 3.11. The minimum atomic E-state index is -5.19. The van der Waals surface area contributed by atoms with Gasteiger partial charge < -0.3 is 15.2 Å². The predicted molar refractivity (Wildman–Crippen MR) is 108 cm³/mol.